The standard InChI is InChI=1S/C17H24N4O2/c1-23-11-5-9-18-16(22)13-6-4-10-21(12-13)17-19-14-7-2-3-8-15(14)20-17/h2-3,7-8,13H,4-6,9-12H2,1H3,(H,18,22)(H,19,20)/t13-/m1/s1. The summed E-state index contributed by atoms with van der Waals surface area (Å²) in [4.78, 5) is 22.5. The molecule has 6 heteroatoms. The molecule has 3 rings (SSSR count). The van der Waals surface area contributed by atoms with Crippen LogP contribution in [-0.2, 0) is 9.53 Å². The number of methoxy groups -OCH3 is 1. The first kappa shape index (κ1) is 15.8. The molecule has 2 heterocycles. The number of rotatable bonds is 6. The summed E-state index contributed by atoms with van der Waals surface area (Å²) in [5.74, 6) is 1.03. The number of aromatic nitrogens is 2. The fourth-order valence-electron chi connectivity index (χ4n) is 3.05. The third-order valence-corrected chi connectivity index (χ3v) is 4.29. The van der Waals surface area contributed by atoms with Gasteiger partial charge >= 0.3 is 0 Å². The van der Waals surface area contributed by atoms with Crippen molar-refractivity contribution in [3.8, 4) is 0 Å². The topological polar surface area (TPSA) is 70.2 Å². The van der Waals surface area contributed by atoms with E-state index in [1.165, 1.54) is 0 Å². The quantitative estimate of drug-likeness (QED) is 0.799. The summed E-state index contributed by atoms with van der Waals surface area (Å²) in [6.07, 6.45) is 2.79. The summed E-state index contributed by atoms with van der Waals surface area (Å²) in [6, 6.07) is 8.01. The van der Waals surface area contributed by atoms with E-state index >= 15 is 0 Å². The summed E-state index contributed by atoms with van der Waals surface area (Å²) >= 11 is 0. The number of nitrogens with zero attached hydrogens (tertiary/aromatic N) is 2. The second kappa shape index (κ2) is 7.46. The van der Waals surface area contributed by atoms with Gasteiger partial charge in [0.2, 0.25) is 11.9 Å². The molecule has 0 spiro atoms. The Labute approximate surface area is 136 Å². The lowest BCUT2D eigenvalue weighted by Crippen LogP contribution is -2.43. The molecule has 0 unspecified atom stereocenters. The van der Waals surface area contributed by atoms with Crippen LogP contribution in [0.1, 0.15) is 19.3 Å². The van der Waals surface area contributed by atoms with Crippen molar-refractivity contribution in [3.05, 3.63) is 24.3 Å². The number of benzene rings is 1. The molecule has 1 aromatic heterocycles. The predicted molar refractivity (Wildman–Crippen MR) is 90.5 cm³/mol. The minimum Gasteiger partial charge on any atom is -0.385 e. The summed E-state index contributed by atoms with van der Waals surface area (Å²) < 4.78 is 5.00. The van der Waals surface area contributed by atoms with Crippen LogP contribution in [0.2, 0.25) is 0 Å². The largest absolute Gasteiger partial charge is 0.385 e. The van der Waals surface area contributed by atoms with Crippen molar-refractivity contribution in [1.29, 1.82) is 0 Å². The number of para-hydroxylation sites is 2. The molecule has 1 aliphatic heterocycles. The second-order valence-corrected chi connectivity index (χ2v) is 6.00. The van der Waals surface area contributed by atoms with Gasteiger partial charge in [0.05, 0.1) is 17.0 Å². The molecule has 2 N–H and O–H groups in total. The Morgan fingerprint density at radius 2 is 2.35 bits per heavy atom. The molecule has 0 aliphatic carbocycles. The van der Waals surface area contributed by atoms with Crippen LogP contribution < -0.4 is 10.2 Å². The van der Waals surface area contributed by atoms with E-state index in [-0.39, 0.29) is 11.8 Å². The molecule has 1 saturated heterocycles. The Balaban J connectivity index is 1.60. The maximum Gasteiger partial charge on any atom is 0.224 e. The number of ether oxygens (including phenoxy) is 1. The number of hydrogen-bond acceptors (Lipinski definition) is 4. The summed E-state index contributed by atoms with van der Waals surface area (Å²) in [5, 5.41) is 3.01. The first-order valence-corrected chi connectivity index (χ1v) is 8.24. The number of anilines is 1. The molecule has 1 atom stereocenters. The van der Waals surface area contributed by atoms with Gasteiger partial charge in [0.15, 0.2) is 0 Å². The van der Waals surface area contributed by atoms with Gasteiger partial charge in [0, 0.05) is 33.4 Å². The van der Waals surface area contributed by atoms with E-state index in [9.17, 15) is 4.79 Å². The second-order valence-electron chi connectivity index (χ2n) is 6.00. The van der Waals surface area contributed by atoms with Gasteiger partial charge in [-0.25, -0.2) is 4.98 Å². The van der Waals surface area contributed by atoms with Gasteiger partial charge in [-0.2, -0.15) is 0 Å². The lowest BCUT2D eigenvalue weighted by molar-refractivity contribution is -0.125. The Morgan fingerprint density at radius 1 is 1.48 bits per heavy atom. The molecule has 23 heavy (non-hydrogen) atoms. The number of carbonyl (C=O) groups is 1. The average Bonchev–Trinajstić information content (AvgIpc) is 3.03. The van der Waals surface area contributed by atoms with Crippen LogP contribution in [0.15, 0.2) is 24.3 Å². The maximum absolute atomic E-state index is 12.3. The Hall–Kier alpha value is -2.08. The van der Waals surface area contributed by atoms with Crippen molar-refractivity contribution in [3.63, 3.8) is 0 Å². The van der Waals surface area contributed by atoms with E-state index in [0.717, 1.165) is 49.3 Å². The highest BCUT2D eigenvalue weighted by atomic mass is 16.5. The third-order valence-electron chi connectivity index (χ3n) is 4.29. The van der Waals surface area contributed by atoms with Crippen molar-refractivity contribution < 1.29 is 9.53 Å². The number of nitrogens with one attached hydrogen (secondary N) is 2. The van der Waals surface area contributed by atoms with Gasteiger partial charge in [-0.3, -0.25) is 4.79 Å². The van der Waals surface area contributed by atoms with Gasteiger partial charge in [0.1, 0.15) is 0 Å². The van der Waals surface area contributed by atoms with Gasteiger partial charge in [-0.1, -0.05) is 12.1 Å². The Morgan fingerprint density at radius 3 is 3.17 bits per heavy atom. The number of fused-ring (bicyclic) bond motifs is 1. The summed E-state index contributed by atoms with van der Waals surface area (Å²) in [5.41, 5.74) is 2.00. The minimum absolute atomic E-state index is 0.0273. The van der Waals surface area contributed by atoms with Crippen LogP contribution in [0.3, 0.4) is 0 Å². The molecule has 124 valence electrons. The SMILES string of the molecule is COCCCNC(=O)[C@@H]1CCCN(c2nc3ccccc3[nH]2)C1. The lowest BCUT2D eigenvalue weighted by atomic mass is 9.97. The van der Waals surface area contributed by atoms with Crippen molar-refractivity contribution >= 4 is 22.9 Å². The number of amides is 1. The molecule has 0 radical (unpaired) electrons. The maximum atomic E-state index is 12.3. The number of H-pyrrole nitrogens is 1. The van der Waals surface area contributed by atoms with Gasteiger partial charge in [-0.15, -0.1) is 0 Å². The lowest BCUT2D eigenvalue weighted by Gasteiger charge is -2.31. The molecule has 6 nitrogen and oxygen atoms in total. The molecule has 1 aromatic carbocycles. The molecular weight excluding hydrogens is 292 g/mol. The van der Waals surface area contributed by atoms with Crippen molar-refractivity contribution in [2.45, 2.75) is 19.3 Å². The van der Waals surface area contributed by atoms with E-state index in [2.05, 4.69) is 20.2 Å². The molecule has 1 aliphatic rings. The Bertz CT molecular complexity index is 622. The van der Waals surface area contributed by atoms with Gasteiger partial charge in [-0.05, 0) is 31.4 Å². The smallest absolute Gasteiger partial charge is 0.224 e. The monoisotopic (exact) mass is 316 g/mol. The Kier molecular flexibility index (Phi) is 5.12. The molecule has 0 saturated carbocycles. The van der Waals surface area contributed by atoms with E-state index in [1.54, 1.807) is 7.11 Å². The minimum atomic E-state index is 0.0273. The van der Waals surface area contributed by atoms with Crippen molar-refractivity contribution in [2.24, 2.45) is 5.92 Å². The van der Waals surface area contributed by atoms with Crippen LogP contribution in [0.5, 0.6) is 0 Å². The number of piperidine rings is 1. The summed E-state index contributed by atoms with van der Waals surface area (Å²) in [7, 11) is 1.67. The zero-order valence-electron chi connectivity index (χ0n) is 13.5. The van der Waals surface area contributed by atoms with Crippen LogP contribution in [0, 0.1) is 5.92 Å². The van der Waals surface area contributed by atoms with E-state index in [0.29, 0.717) is 13.2 Å². The zero-order valence-corrected chi connectivity index (χ0v) is 13.5. The van der Waals surface area contributed by atoms with Crippen LogP contribution in [-0.4, -0.2) is 49.2 Å². The number of aromatic amines is 1. The highest BCUT2D eigenvalue weighted by Crippen LogP contribution is 2.23. The zero-order chi connectivity index (χ0) is 16.1. The fourth-order valence-corrected chi connectivity index (χ4v) is 3.05. The molecular formula is C17H24N4O2. The fraction of sp³-hybridized carbons (Fsp3) is 0.529. The first-order valence-electron chi connectivity index (χ1n) is 8.24. The number of carbonyl (C=O) groups excluding carboxylic acids is 1. The molecule has 1 amide bonds. The van der Waals surface area contributed by atoms with E-state index in [4.69, 9.17) is 4.74 Å². The van der Waals surface area contributed by atoms with Gasteiger partial charge in [0.25, 0.3) is 0 Å². The average molecular weight is 316 g/mol. The van der Waals surface area contributed by atoms with E-state index < -0.39 is 0 Å². The first-order chi connectivity index (χ1) is 11.3. The number of hydrogen-bond donors (Lipinski definition) is 2. The van der Waals surface area contributed by atoms with Crippen molar-refractivity contribution in [2.75, 3.05) is 38.3 Å². The molecule has 0 bridgehead atoms. The summed E-state index contributed by atoms with van der Waals surface area (Å²) in [6.45, 7) is 3.01. The molecule has 1 fully saturated rings. The molecule has 2 aromatic rings. The van der Waals surface area contributed by atoms with Gasteiger partial charge < -0.3 is 19.9 Å². The predicted octanol–water partition coefficient (Wildman–Crippen LogP) is 1.93. The highest BCUT2D eigenvalue weighted by molar-refractivity contribution is 5.80. The normalized spacial score (nSPS) is 18.3. The van der Waals surface area contributed by atoms with Crippen LogP contribution in [0.25, 0.3) is 11.0 Å². The highest BCUT2D eigenvalue weighted by Gasteiger charge is 2.27. The van der Waals surface area contributed by atoms with E-state index in [1.807, 2.05) is 24.3 Å². The van der Waals surface area contributed by atoms with Crippen molar-refractivity contribution in [1.82, 2.24) is 15.3 Å². The number of imidazole rings is 1. The van der Waals surface area contributed by atoms with Crippen LogP contribution >= 0.6 is 0 Å². The third kappa shape index (κ3) is 3.82. The van der Waals surface area contributed by atoms with Crippen LogP contribution in [0.4, 0.5) is 5.95 Å².